The van der Waals surface area contributed by atoms with E-state index < -0.39 is 12.2 Å². The van der Waals surface area contributed by atoms with E-state index in [1.807, 2.05) is 42.5 Å². The molecule has 148 valence electrons. The lowest BCUT2D eigenvalue weighted by atomic mass is 9.99. The maximum absolute atomic E-state index is 10.2. The summed E-state index contributed by atoms with van der Waals surface area (Å²) >= 11 is 0. The van der Waals surface area contributed by atoms with E-state index in [1.54, 1.807) is 21.3 Å². The van der Waals surface area contributed by atoms with Gasteiger partial charge in [-0.2, -0.15) is 0 Å². The van der Waals surface area contributed by atoms with Crippen molar-refractivity contribution >= 4 is 0 Å². The summed E-state index contributed by atoms with van der Waals surface area (Å²) in [4.78, 5) is 0. The molecule has 0 saturated heterocycles. The first kappa shape index (κ1) is 21.1. The fourth-order valence-electron chi connectivity index (χ4n) is 3.04. The minimum Gasteiger partial charge on any atom is -0.497 e. The molecule has 0 aliphatic rings. The fourth-order valence-corrected chi connectivity index (χ4v) is 3.04. The van der Waals surface area contributed by atoms with Crippen LogP contribution in [0, 0.1) is 0 Å². The largest absolute Gasteiger partial charge is 0.497 e. The van der Waals surface area contributed by atoms with Crippen molar-refractivity contribution in [2.24, 2.45) is 0 Å². The van der Waals surface area contributed by atoms with Gasteiger partial charge in [-0.05, 0) is 67.5 Å². The molecule has 0 radical (unpaired) electrons. The van der Waals surface area contributed by atoms with Crippen molar-refractivity contribution in [1.29, 1.82) is 0 Å². The molecule has 0 saturated carbocycles. The molecule has 2 aromatic carbocycles. The van der Waals surface area contributed by atoms with Gasteiger partial charge in [-0.1, -0.05) is 18.2 Å². The fraction of sp³-hybridized carbons (Fsp3) is 0.455. The maximum atomic E-state index is 10.2. The third kappa shape index (κ3) is 6.77. The molecular formula is C22H30O5. The molecule has 5 heteroatoms. The van der Waals surface area contributed by atoms with Crippen molar-refractivity contribution in [2.75, 3.05) is 21.3 Å². The summed E-state index contributed by atoms with van der Waals surface area (Å²) in [7, 11) is 4.85. The van der Waals surface area contributed by atoms with E-state index >= 15 is 0 Å². The molecule has 0 amide bonds. The number of hydrogen-bond acceptors (Lipinski definition) is 5. The summed E-state index contributed by atoms with van der Waals surface area (Å²) < 4.78 is 15.7. The second-order valence-corrected chi connectivity index (χ2v) is 6.66. The Balaban J connectivity index is 1.75. The van der Waals surface area contributed by atoms with Crippen LogP contribution in [0.25, 0.3) is 0 Å². The van der Waals surface area contributed by atoms with E-state index in [1.165, 1.54) is 0 Å². The Morgan fingerprint density at radius 3 is 1.81 bits per heavy atom. The molecule has 0 bridgehead atoms. The first-order valence-corrected chi connectivity index (χ1v) is 9.25. The Hall–Kier alpha value is -2.24. The van der Waals surface area contributed by atoms with Crippen molar-refractivity contribution in [3.8, 4) is 17.2 Å². The van der Waals surface area contributed by atoms with Gasteiger partial charge in [0, 0.05) is 0 Å². The predicted molar refractivity (Wildman–Crippen MR) is 106 cm³/mol. The summed E-state index contributed by atoms with van der Waals surface area (Å²) in [5, 5.41) is 20.4. The maximum Gasteiger partial charge on any atom is 0.160 e. The van der Waals surface area contributed by atoms with Crippen LogP contribution >= 0.6 is 0 Å². The zero-order valence-corrected chi connectivity index (χ0v) is 16.4. The van der Waals surface area contributed by atoms with Crippen molar-refractivity contribution in [3.05, 3.63) is 53.6 Å². The molecule has 2 atom stereocenters. The number of aliphatic hydroxyl groups excluding tert-OH is 2. The number of hydrogen-bond donors (Lipinski definition) is 2. The molecule has 2 rings (SSSR count). The Morgan fingerprint density at radius 1 is 0.704 bits per heavy atom. The predicted octanol–water partition coefficient (Wildman–Crippen LogP) is 3.39. The summed E-state index contributed by atoms with van der Waals surface area (Å²) in [5.74, 6) is 2.20. The highest BCUT2D eigenvalue weighted by molar-refractivity contribution is 5.42. The zero-order valence-electron chi connectivity index (χ0n) is 16.4. The van der Waals surface area contributed by atoms with E-state index in [-0.39, 0.29) is 0 Å². The van der Waals surface area contributed by atoms with Gasteiger partial charge in [-0.25, -0.2) is 0 Å². The van der Waals surface area contributed by atoms with E-state index in [0.717, 1.165) is 23.3 Å². The zero-order chi connectivity index (χ0) is 19.6. The first-order chi connectivity index (χ1) is 13.0. The molecule has 27 heavy (non-hydrogen) atoms. The molecule has 5 nitrogen and oxygen atoms in total. The van der Waals surface area contributed by atoms with Crippen molar-refractivity contribution in [2.45, 2.75) is 44.3 Å². The lowest BCUT2D eigenvalue weighted by molar-refractivity contribution is 0.0714. The Labute approximate surface area is 161 Å². The van der Waals surface area contributed by atoms with Crippen molar-refractivity contribution in [1.82, 2.24) is 0 Å². The summed E-state index contributed by atoms with van der Waals surface area (Å²) in [6.07, 6.45) is 2.02. The molecule has 0 aliphatic heterocycles. The quantitative estimate of drug-likeness (QED) is 0.631. The molecule has 0 aromatic heterocycles. The van der Waals surface area contributed by atoms with E-state index in [4.69, 9.17) is 14.2 Å². The normalized spacial score (nSPS) is 13.1. The average Bonchev–Trinajstić information content (AvgIpc) is 2.70. The van der Waals surface area contributed by atoms with Gasteiger partial charge in [-0.15, -0.1) is 0 Å². The number of methoxy groups -OCH3 is 3. The van der Waals surface area contributed by atoms with E-state index in [0.29, 0.717) is 37.2 Å². The van der Waals surface area contributed by atoms with Gasteiger partial charge in [0.05, 0.1) is 33.5 Å². The second-order valence-electron chi connectivity index (χ2n) is 6.66. The van der Waals surface area contributed by atoms with Gasteiger partial charge in [0.2, 0.25) is 0 Å². The minimum absolute atomic E-state index is 0.378. The van der Waals surface area contributed by atoms with Gasteiger partial charge in [0.1, 0.15) is 5.75 Å². The van der Waals surface area contributed by atoms with Crippen LogP contribution in [0.1, 0.15) is 30.4 Å². The van der Waals surface area contributed by atoms with Crippen LogP contribution in [0.15, 0.2) is 42.5 Å². The molecule has 0 aliphatic carbocycles. The van der Waals surface area contributed by atoms with Crippen molar-refractivity contribution in [3.63, 3.8) is 0 Å². The highest BCUT2D eigenvalue weighted by Crippen LogP contribution is 2.28. The Bertz CT molecular complexity index is 684. The van der Waals surface area contributed by atoms with Gasteiger partial charge in [0.25, 0.3) is 0 Å². The number of rotatable bonds is 11. The van der Waals surface area contributed by atoms with Crippen LogP contribution in [0.3, 0.4) is 0 Å². The van der Waals surface area contributed by atoms with Gasteiger partial charge in [-0.3, -0.25) is 0 Å². The summed E-state index contributed by atoms with van der Waals surface area (Å²) in [6, 6.07) is 13.6. The number of aryl methyl sites for hydroxylation is 2. The standard InChI is InChI=1S/C22H30O5/c1-25-20-11-6-16(7-12-20)4-9-18(23)15-19(24)10-5-17-8-13-21(26-2)22(14-17)27-3/h6-8,11-14,18-19,23-24H,4-5,9-10,15H2,1-3H3/t18-,19-/m1/s1. The lowest BCUT2D eigenvalue weighted by Gasteiger charge is -2.16. The summed E-state index contributed by atoms with van der Waals surface area (Å²) in [5.41, 5.74) is 2.22. The number of aliphatic hydroxyl groups is 2. The van der Waals surface area contributed by atoms with Crippen LogP contribution < -0.4 is 14.2 Å². The Morgan fingerprint density at radius 2 is 1.26 bits per heavy atom. The van der Waals surface area contributed by atoms with E-state index in [2.05, 4.69) is 0 Å². The van der Waals surface area contributed by atoms with Crippen LogP contribution in [0.5, 0.6) is 17.2 Å². The van der Waals surface area contributed by atoms with Crippen molar-refractivity contribution < 1.29 is 24.4 Å². The molecule has 2 aromatic rings. The van der Waals surface area contributed by atoms with Crippen LogP contribution in [-0.2, 0) is 12.8 Å². The second kappa shape index (κ2) is 10.8. The number of ether oxygens (including phenoxy) is 3. The first-order valence-electron chi connectivity index (χ1n) is 9.25. The molecule has 0 spiro atoms. The third-order valence-corrected chi connectivity index (χ3v) is 4.68. The molecule has 0 heterocycles. The van der Waals surface area contributed by atoms with Gasteiger partial charge >= 0.3 is 0 Å². The summed E-state index contributed by atoms with van der Waals surface area (Å²) in [6.45, 7) is 0. The van der Waals surface area contributed by atoms with Crippen LogP contribution in [-0.4, -0.2) is 43.8 Å². The molecular weight excluding hydrogens is 344 g/mol. The lowest BCUT2D eigenvalue weighted by Crippen LogP contribution is -2.19. The minimum atomic E-state index is -0.538. The molecule has 2 N–H and O–H groups in total. The van der Waals surface area contributed by atoms with E-state index in [9.17, 15) is 10.2 Å². The molecule has 0 unspecified atom stereocenters. The average molecular weight is 374 g/mol. The monoisotopic (exact) mass is 374 g/mol. The highest BCUT2D eigenvalue weighted by atomic mass is 16.5. The van der Waals surface area contributed by atoms with Gasteiger partial charge < -0.3 is 24.4 Å². The SMILES string of the molecule is COc1ccc(CC[C@@H](O)C[C@H](O)CCc2ccc(OC)c(OC)c2)cc1. The number of benzene rings is 2. The third-order valence-electron chi connectivity index (χ3n) is 4.68. The van der Waals surface area contributed by atoms with Crippen LogP contribution in [0.4, 0.5) is 0 Å². The van der Waals surface area contributed by atoms with Gasteiger partial charge in [0.15, 0.2) is 11.5 Å². The topological polar surface area (TPSA) is 68.2 Å². The highest BCUT2D eigenvalue weighted by Gasteiger charge is 2.13. The van der Waals surface area contributed by atoms with Crippen LogP contribution in [0.2, 0.25) is 0 Å². The Kier molecular flexibility index (Phi) is 8.43. The smallest absolute Gasteiger partial charge is 0.160 e. The molecule has 0 fully saturated rings.